The summed E-state index contributed by atoms with van der Waals surface area (Å²) in [4.78, 5) is 21.3. The molecule has 0 radical (unpaired) electrons. The molecule has 1 aliphatic heterocycles. The molecule has 3 heterocycles. The Bertz CT molecular complexity index is 991. The lowest BCUT2D eigenvalue weighted by molar-refractivity contribution is -0.132. The van der Waals surface area contributed by atoms with Crippen molar-refractivity contribution < 1.29 is 4.79 Å². The van der Waals surface area contributed by atoms with Gasteiger partial charge in [-0.25, -0.2) is 4.98 Å². The van der Waals surface area contributed by atoms with Crippen LogP contribution < -0.4 is 4.90 Å². The Hall–Kier alpha value is -2.60. The number of aromatic nitrogens is 3. The highest BCUT2D eigenvalue weighted by molar-refractivity contribution is 6.31. The highest BCUT2D eigenvalue weighted by Crippen LogP contribution is 2.23. The van der Waals surface area contributed by atoms with Crippen molar-refractivity contribution in [2.45, 2.75) is 20.4 Å². The number of anilines is 1. The molecule has 4 rings (SSSR count). The average Bonchev–Trinajstić information content (AvgIpc) is 3.05. The van der Waals surface area contributed by atoms with E-state index in [9.17, 15) is 4.79 Å². The predicted molar refractivity (Wildman–Crippen MR) is 107 cm³/mol. The van der Waals surface area contributed by atoms with Gasteiger partial charge in [0.1, 0.15) is 6.54 Å². The molecule has 1 aliphatic rings. The van der Waals surface area contributed by atoms with E-state index in [0.717, 1.165) is 40.4 Å². The van der Waals surface area contributed by atoms with Gasteiger partial charge in [0.05, 0.1) is 0 Å². The molecule has 0 spiro atoms. The number of hydrogen-bond acceptors (Lipinski definition) is 4. The van der Waals surface area contributed by atoms with Crippen LogP contribution in [0.2, 0.25) is 5.02 Å². The van der Waals surface area contributed by atoms with Gasteiger partial charge in [0, 0.05) is 54.2 Å². The first kappa shape index (κ1) is 17.8. The molecule has 0 saturated carbocycles. The molecule has 0 unspecified atom stereocenters. The number of rotatable bonds is 3. The van der Waals surface area contributed by atoms with Crippen molar-refractivity contribution >= 4 is 34.2 Å². The smallest absolute Gasteiger partial charge is 0.244 e. The topological polar surface area (TPSA) is 54.3 Å². The van der Waals surface area contributed by atoms with Crippen LogP contribution in [0.15, 0.2) is 36.5 Å². The van der Waals surface area contributed by atoms with Gasteiger partial charge in [0.2, 0.25) is 5.91 Å². The second-order valence-corrected chi connectivity index (χ2v) is 7.40. The van der Waals surface area contributed by atoms with Crippen LogP contribution >= 0.6 is 11.6 Å². The molecule has 27 heavy (non-hydrogen) atoms. The second-order valence-electron chi connectivity index (χ2n) is 6.99. The van der Waals surface area contributed by atoms with Gasteiger partial charge in [-0.2, -0.15) is 5.10 Å². The van der Waals surface area contributed by atoms with Crippen molar-refractivity contribution in [1.29, 1.82) is 0 Å². The van der Waals surface area contributed by atoms with Crippen molar-refractivity contribution in [2.24, 2.45) is 0 Å². The molecular weight excluding hydrogens is 362 g/mol. The Morgan fingerprint density at radius 2 is 1.89 bits per heavy atom. The summed E-state index contributed by atoms with van der Waals surface area (Å²) >= 11 is 6.12. The van der Waals surface area contributed by atoms with Gasteiger partial charge in [0.25, 0.3) is 0 Å². The number of pyridine rings is 1. The highest BCUT2D eigenvalue weighted by Gasteiger charge is 2.22. The summed E-state index contributed by atoms with van der Waals surface area (Å²) in [5, 5.41) is 6.16. The Morgan fingerprint density at radius 1 is 1.11 bits per heavy atom. The average molecular weight is 384 g/mol. The van der Waals surface area contributed by atoms with Crippen LogP contribution in [0.1, 0.15) is 11.3 Å². The predicted octanol–water partition coefficient (Wildman–Crippen LogP) is 3.05. The molecule has 2 aromatic heterocycles. The van der Waals surface area contributed by atoms with Crippen LogP contribution in [0.3, 0.4) is 0 Å². The number of aryl methyl sites for hydroxylation is 2. The lowest BCUT2D eigenvalue weighted by Crippen LogP contribution is -2.49. The number of hydrogen-bond donors (Lipinski definition) is 0. The molecule has 140 valence electrons. The van der Waals surface area contributed by atoms with Crippen LogP contribution in [-0.2, 0) is 11.3 Å². The van der Waals surface area contributed by atoms with Gasteiger partial charge in [-0.3, -0.25) is 9.48 Å². The third kappa shape index (κ3) is 3.76. The zero-order valence-corrected chi connectivity index (χ0v) is 16.3. The number of carbonyl (C=O) groups is 1. The van der Waals surface area contributed by atoms with E-state index >= 15 is 0 Å². The Morgan fingerprint density at radius 3 is 2.63 bits per heavy atom. The van der Waals surface area contributed by atoms with E-state index in [4.69, 9.17) is 11.6 Å². The van der Waals surface area contributed by atoms with E-state index in [1.165, 1.54) is 0 Å². The number of piperazine rings is 1. The molecule has 1 saturated heterocycles. The summed E-state index contributed by atoms with van der Waals surface area (Å²) in [5.74, 6) is 0.0893. The maximum Gasteiger partial charge on any atom is 0.244 e. The fourth-order valence-corrected chi connectivity index (χ4v) is 3.52. The molecule has 0 bridgehead atoms. The maximum absolute atomic E-state index is 12.7. The molecule has 3 aromatic rings. The first-order valence-electron chi connectivity index (χ1n) is 9.09. The van der Waals surface area contributed by atoms with Crippen LogP contribution in [0.5, 0.6) is 0 Å². The standard InChI is InChI=1S/C20H22ClN5O/c1-14-11-17(5-6-18(14)21)24-7-9-25(10-8-24)19(27)13-26-12-16-4-3-15(2)22-20(16)23-26/h3-6,11-12H,7-10,13H2,1-2H3. The van der Waals surface area contributed by atoms with Gasteiger partial charge in [-0.05, 0) is 49.7 Å². The van der Waals surface area contributed by atoms with Crippen LogP contribution in [0.4, 0.5) is 5.69 Å². The number of fused-ring (bicyclic) bond motifs is 1. The Labute approximate surface area is 163 Å². The van der Waals surface area contributed by atoms with E-state index in [0.29, 0.717) is 18.7 Å². The highest BCUT2D eigenvalue weighted by atomic mass is 35.5. The molecule has 7 heteroatoms. The van der Waals surface area contributed by atoms with E-state index in [2.05, 4.69) is 21.0 Å². The van der Waals surface area contributed by atoms with Crippen molar-refractivity contribution in [3.05, 3.63) is 52.8 Å². The lowest BCUT2D eigenvalue weighted by atomic mass is 10.2. The fraction of sp³-hybridized carbons (Fsp3) is 0.350. The second kappa shape index (κ2) is 7.19. The van der Waals surface area contributed by atoms with Crippen molar-refractivity contribution in [1.82, 2.24) is 19.7 Å². The number of halogens is 1. The first-order chi connectivity index (χ1) is 13.0. The summed E-state index contributed by atoms with van der Waals surface area (Å²) in [6.07, 6.45) is 1.88. The van der Waals surface area contributed by atoms with Crippen LogP contribution in [0, 0.1) is 13.8 Å². The zero-order valence-electron chi connectivity index (χ0n) is 15.5. The maximum atomic E-state index is 12.7. The monoisotopic (exact) mass is 383 g/mol. The van der Waals surface area contributed by atoms with E-state index in [1.807, 2.05) is 49.2 Å². The fourth-order valence-electron chi connectivity index (χ4n) is 3.40. The molecular formula is C20H22ClN5O. The molecule has 6 nitrogen and oxygen atoms in total. The summed E-state index contributed by atoms with van der Waals surface area (Å²) in [6, 6.07) is 10.0. The Kier molecular flexibility index (Phi) is 4.74. The normalized spacial score (nSPS) is 14.8. The molecule has 1 aromatic carbocycles. The number of nitrogens with zero attached hydrogens (tertiary/aromatic N) is 5. The number of carbonyl (C=O) groups excluding carboxylic acids is 1. The third-order valence-electron chi connectivity index (χ3n) is 4.99. The van der Waals surface area contributed by atoms with E-state index in [-0.39, 0.29) is 12.5 Å². The zero-order chi connectivity index (χ0) is 19.0. The molecule has 0 aliphatic carbocycles. The third-order valence-corrected chi connectivity index (χ3v) is 5.42. The largest absolute Gasteiger partial charge is 0.368 e. The van der Waals surface area contributed by atoms with Gasteiger partial charge in [0.15, 0.2) is 5.65 Å². The van der Waals surface area contributed by atoms with Crippen LogP contribution in [0.25, 0.3) is 11.0 Å². The minimum absolute atomic E-state index is 0.0893. The molecule has 0 N–H and O–H groups in total. The van der Waals surface area contributed by atoms with Gasteiger partial charge < -0.3 is 9.80 Å². The summed E-state index contributed by atoms with van der Waals surface area (Å²) in [6.45, 7) is 7.23. The van der Waals surface area contributed by atoms with Gasteiger partial charge in [-0.15, -0.1) is 0 Å². The van der Waals surface area contributed by atoms with E-state index < -0.39 is 0 Å². The van der Waals surface area contributed by atoms with Crippen molar-refractivity contribution in [3.63, 3.8) is 0 Å². The summed E-state index contributed by atoms with van der Waals surface area (Å²) in [5.41, 5.74) is 3.84. The number of amides is 1. The van der Waals surface area contributed by atoms with Gasteiger partial charge >= 0.3 is 0 Å². The lowest BCUT2D eigenvalue weighted by Gasteiger charge is -2.36. The molecule has 1 amide bonds. The van der Waals surface area contributed by atoms with E-state index in [1.54, 1.807) is 4.68 Å². The minimum atomic E-state index is 0.0893. The van der Waals surface area contributed by atoms with Crippen molar-refractivity contribution in [2.75, 3.05) is 31.1 Å². The summed E-state index contributed by atoms with van der Waals surface area (Å²) < 4.78 is 1.69. The SMILES string of the molecule is Cc1ccc2cn(CC(=O)N3CCN(c4ccc(Cl)c(C)c4)CC3)nc2n1. The number of benzene rings is 1. The van der Waals surface area contributed by atoms with Crippen LogP contribution in [-0.4, -0.2) is 51.8 Å². The quantitative estimate of drug-likeness (QED) is 0.697. The van der Waals surface area contributed by atoms with Gasteiger partial charge in [-0.1, -0.05) is 11.6 Å². The molecule has 0 atom stereocenters. The first-order valence-corrected chi connectivity index (χ1v) is 9.47. The van der Waals surface area contributed by atoms with Crippen molar-refractivity contribution in [3.8, 4) is 0 Å². The summed E-state index contributed by atoms with van der Waals surface area (Å²) in [7, 11) is 0. The minimum Gasteiger partial charge on any atom is -0.368 e. The molecule has 1 fully saturated rings. The Balaban J connectivity index is 1.38.